The van der Waals surface area contributed by atoms with Crippen LogP contribution in [-0.4, -0.2) is 73.4 Å². The van der Waals surface area contributed by atoms with Crippen LogP contribution in [0.3, 0.4) is 0 Å². The van der Waals surface area contributed by atoms with Gasteiger partial charge in [-0.25, -0.2) is 4.57 Å². The maximum Gasteiger partial charge on any atom is 0.472 e. The van der Waals surface area contributed by atoms with Crippen LogP contribution in [-0.2, 0) is 18.4 Å². The molecule has 0 saturated carbocycles. The molecular formula is C43H84N2O6P+. The van der Waals surface area contributed by atoms with E-state index in [1.165, 1.54) is 83.5 Å². The molecule has 0 heterocycles. The van der Waals surface area contributed by atoms with Gasteiger partial charge in [-0.05, 0) is 70.6 Å². The maximum atomic E-state index is 12.8. The predicted octanol–water partition coefficient (Wildman–Crippen LogP) is 11.5. The number of quaternary nitrogens is 1. The van der Waals surface area contributed by atoms with E-state index in [9.17, 15) is 19.4 Å². The van der Waals surface area contributed by atoms with Gasteiger partial charge in [0.15, 0.2) is 0 Å². The summed E-state index contributed by atoms with van der Waals surface area (Å²) in [6.45, 7) is 4.81. The molecule has 3 N–H and O–H groups in total. The molecule has 0 fully saturated rings. The lowest BCUT2D eigenvalue weighted by Crippen LogP contribution is -2.46. The summed E-state index contributed by atoms with van der Waals surface area (Å²) in [7, 11) is 1.58. The first-order chi connectivity index (χ1) is 25.0. The maximum absolute atomic E-state index is 12.8. The highest BCUT2D eigenvalue weighted by Crippen LogP contribution is 2.43. The summed E-state index contributed by atoms with van der Waals surface area (Å²) in [6.07, 6.45) is 41.7. The molecule has 9 heteroatoms. The van der Waals surface area contributed by atoms with Crippen molar-refractivity contribution >= 4 is 13.7 Å². The number of phosphoric acid groups is 1. The van der Waals surface area contributed by atoms with E-state index in [1.807, 2.05) is 21.1 Å². The minimum atomic E-state index is -4.32. The molecule has 0 rings (SSSR count). The van der Waals surface area contributed by atoms with Crippen molar-refractivity contribution in [2.45, 2.75) is 193 Å². The first kappa shape index (κ1) is 50.7. The molecule has 0 aliphatic heterocycles. The molecule has 0 aromatic carbocycles. The molecule has 306 valence electrons. The van der Waals surface area contributed by atoms with Crippen LogP contribution in [0.5, 0.6) is 0 Å². The number of aliphatic hydroxyl groups excluding tert-OH is 1. The Morgan fingerprint density at radius 1 is 0.654 bits per heavy atom. The summed E-state index contributed by atoms with van der Waals surface area (Å²) in [5, 5.41) is 13.9. The Morgan fingerprint density at radius 3 is 1.63 bits per heavy atom. The van der Waals surface area contributed by atoms with Crippen LogP contribution in [0.25, 0.3) is 0 Å². The molecule has 8 nitrogen and oxygen atoms in total. The number of unbranched alkanes of at least 4 members (excludes halogenated alkanes) is 19. The van der Waals surface area contributed by atoms with Gasteiger partial charge in [-0.15, -0.1) is 0 Å². The second kappa shape index (κ2) is 35.4. The molecule has 0 radical (unpaired) electrons. The first-order valence-electron chi connectivity index (χ1n) is 21.4. The fraction of sp³-hybridized carbons (Fsp3) is 0.837. The summed E-state index contributed by atoms with van der Waals surface area (Å²) in [5.41, 5.74) is 0. The van der Waals surface area contributed by atoms with Gasteiger partial charge < -0.3 is 19.8 Å². The third-order valence-electron chi connectivity index (χ3n) is 9.36. The number of aliphatic hydroxyl groups is 1. The van der Waals surface area contributed by atoms with E-state index >= 15 is 0 Å². The summed E-state index contributed by atoms with van der Waals surface area (Å²) in [6, 6.07) is -0.782. The quantitative estimate of drug-likeness (QED) is 0.0251. The number of nitrogens with zero attached hydrogens (tertiary/aromatic N) is 1. The van der Waals surface area contributed by atoms with E-state index in [-0.39, 0.29) is 19.1 Å². The van der Waals surface area contributed by atoms with Gasteiger partial charge >= 0.3 is 7.82 Å². The number of rotatable bonds is 38. The van der Waals surface area contributed by atoms with Crippen molar-refractivity contribution < 1.29 is 32.9 Å². The van der Waals surface area contributed by atoms with E-state index in [2.05, 4.69) is 55.6 Å². The minimum Gasteiger partial charge on any atom is -0.391 e. The van der Waals surface area contributed by atoms with Crippen molar-refractivity contribution in [3.8, 4) is 0 Å². The molecule has 52 heavy (non-hydrogen) atoms. The molecule has 0 aromatic rings. The second-order valence-electron chi connectivity index (χ2n) is 15.7. The van der Waals surface area contributed by atoms with Crippen LogP contribution in [0.2, 0.25) is 0 Å². The topological polar surface area (TPSA) is 105 Å². The molecule has 3 atom stereocenters. The molecule has 1 unspecified atom stereocenters. The van der Waals surface area contributed by atoms with Crippen molar-refractivity contribution in [1.82, 2.24) is 5.32 Å². The third kappa shape index (κ3) is 37.1. The zero-order valence-electron chi connectivity index (χ0n) is 34.5. The molecule has 0 spiro atoms. The smallest absolute Gasteiger partial charge is 0.391 e. The van der Waals surface area contributed by atoms with Crippen LogP contribution in [0.15, 0.2) is 36.5 Å². The molecular weight excluding hydrogens is 671 g/mol. The number of nitrogens with one attached hydrogen (secondary N) is 1. The average Bonchev–Trinajstić information content (AvgIpc) is 3.09. The lowest BCUT2D eigenvalue weighted by molar-refractivity contribution is -0.870. The van der Waals surface area contributed by atoms with Crippen molar-refractivity contribution in [2.24, 2.45) is 0 Å². The Morgan fingerprint density at radius 2 is 1.10 bits per heavy atom. The number of likely N-dealkylation sites (N-methyl/N-ethyl adjacent to an activating group) is 1. The van der Waals surface area contributed by atoms with Crippen molar-refractivity contribution in [3.05, 3.63) is 36.5 Å². The zero-order valence-corrected chi connectivity index (χ0v) is 35.4. The summed E-state index contributed by atoms with van der Waals surface area (Å²) >= 11 is 0. The predicted molar refractivity (Wildman–Crippen MR) is 221 cm³/mol. The van der Waals surface area contributed by atoms with Gasteiger partial charge in [0.25, 0.3) is 0 Å². The van der Waals surface area contributed by atoms with E-state index in [4.69, 9.17) is 9.05 Å². The Labute approximate surface area is 321 Å². The lowest BCUT2D eigenvalue weighted by atomic mass is 10.0. The lowest BCUT2D eigenvalue weighted by Gasteiger charge is -2.26. The Hall–Kier alpha value is -1.28. The summed E-state index contributed by atoms with van der Waals surface area (Å²) in [4.78, 5) is 23.1. The normalized spacial score (nSPS) is 14.8. The van der Waals surface area contributed by atoms with Crippen molar-refractivity contribution in [2.75, 3.05) is 40.9 Å². The van der Waals surface area contributed by atoms with Crippen LogP contribution in [0.4, 0.5) is 0 Å². The van der Waals surface area contributed by atoms with E-state index in [1.54, 1.807) is 0 Å². The van der Waals surface area contributed by atoms with Crippen LogP contribution in [0, 0.1) is 0 Å². The van der Waals surface area contributed by atoms with E-state index in [0.717, 1.165) is 70.6 Å². The SMILES string of the molecule is CCCCC/C=C/C/C=C/CCCCCCCC(=O)N[C@@H](COP(=O)(O)OCC[N+](C)(C)C)[C@H](O)CCCC/C=C/CCCCCCCCCCC. The molecule has 0 saturated heterocycles. The number of carbonyl (C=O) groups excluding carboxylic acids is 1. The number of carbonyl (C=O) groups is 1. The van der Waals surface area contributed by atoms with Gasteiger partial charge in [0, 0.05) is 6.42 Å². The van der Waals surface area contributed by atoms with Gasteiger partial charge in [-0.1, -0.05) is 140 Å². The zero-order chi connectivity index (χ0) is 38.6. The largest absolute Gasteiger partial charge is 0.472 e. The standard InChI is InChI=1S/C43H83N2O6P/c1-6-8-10-12-14-16-18-20-22-24-26-28-30-32-34-36-42(46)41(40-51-52(48,49)50-39-38-45(3,4)5)44-43(47)37-35-33-31-29-27-25-23-21-19-17-15-13-11-9-7-2/h15,17,21,23,26,28,41-42,46H,6-14,16,18-20,22,24-25,27,29-40H2,1-5H3,(H-,44,47,48,49)/p+1/b17-15+,23-21+,28-26+/t41-,42+/m0/s1. The van der Waals surface area contributed by atoms with Crippen LogP contribution < -0.4 is 5.32 Å². The third-order valence-corrected chi connectivity index (χ3v) is 10.3. The second-order valence-corrected chi connectivity index (χ2v) is 17.2. The van der Waals surface area contributed by atoms with Crippen LogP contribution in [0.1, 0.15) is 181 Å². The van der Waals surface area contributed by atoms with Gasteiger partial charge in [0.1, 0.15) is 13.2 Å². The fourth-order valence-corrected chi connectivity index (χ4v) is 6.63. The van der Waals surface area contributed by atoms with Gasteiger partial charge in [-0.3, -0.25) is 13.8 Å². The van der Waals surface area contributed by atoms with E-state index < -0.39 is 20.0 Å². The van der Waals surface area contributed by atoms with Gasteiger partial charge in [0.05, 0.1) is 39.9 Å². The molecule has 1 amide bonds. The number of amides is 1. The van der Waals surface area contributed by atoms with Gasteiger partial charge in [-0.2, -0.15) is 0 Å². The molecule has 0 aromatic heterocycles. The molecule has 0 aliphatic rings. The summed E-state index contributed by atoms with van der Waals surface area (Å²) < 4.78 is 23.6. The fourth-order valence-electron chi connectivity index (χ4n) is 5.89. The average molecular weight is 756 g/mol. The Kier molecular flexibility index (Phi) is 34.6. The monoisotopic (exact) mass is 756 g/mol. The highest BCUT2D eigenvalue weighted by Gasteiger charge is 2.28. The first-order valence-corrected chi connectivity index (χ1v) is 22.8. The Balaban J connectivity index is 4.48. The Bertz CT molecular complexity index is 948. The molecule has 0 bridgehead atoms. The number of hydrogen-bond acceptors (Lipinski definition) is 5. The van der Waals surface area contributed by atoms with E-state index in [0.29, 0.717) is 23.9 Å². The highest BCUT2D eigenvalue weighted by molar-refractivity contribution is 7.47. The van der Waals surface area contributed by atoms with Crippen LogP contribution >= 0.6 is 7.82 Å². The highest BCUT2D eigenvalue weighted by atomic mass is 31.2. The van der Waals surface area contributed by atoms with Crippen molar-refractivity contribution in [1.29, 1.82) is 0 Å². The van der Waals surface area contributed by atoms with Crippen molar-refractivity contribution in [3.63, 3.8) is 0 Å². The summed E-state index contributed by atoms with van der Waals surface area (Å²) in [5.74, 6) is -0.170. The number of phosphoric ester groups is 1. The molecule has 0 aliphatic carbocycles. The minimum absolute atomic E-state index is 0.0658. The van der Waals surface area contributed by atoms with Gasteiger partial charge in [0.2, 0.25) is 5.91 Å². The number of hydrogen-bond donors (Lipinski definition) is 3. The number of allylic oxidation sites excluding steroid dienone is 6.